The van der Waals surface area contributed by atoms with Crippen molar-refractivity contribution in [1.29, 1.82) is 0 Å². The number of nitrogens with zero attached hydrogens (tertiary/aromatic N) is 1. The summed E-state index contributed by atoms with van der Waals surface area (Å²) in [5.41, 5.74) is 0.773. The van der Waals surface area contributed by atoms with E-state index in [1.807, 2.05) is 20.8 Å². The molecular weight excluding hydrogens is 248 g/mol. The molecule has 0 aromatic heterocycles. The van der Waals surface area contributed by atoms with Crippen molar-refractivity contribution < 1.29 is 14.8 Å². The highest BCUT2D eigenvalue weighted by Gasteiger charge is 2.16. The Morgan fingerprint density at radius 2 is 2.11 bits per heavy atom. The number of nitro groups is 1. The zero-order valence-electron chi connectivity index (χ0n) is 11.5. The van der Waals surface area contributed by atoms with Gasteiger partial charge in [-0.05, 0) is 32.4 Å². The van der Waals surface area contributed by atoms with Crippen LogP contribution in [0.4, 0.5) is 5.69 Å². The van der Waals surface area contributed by atoms with E-state index in [0.29, 0.717) is 6.54 Å². The van der Waals surface area contributed by atoms with Crippen molar-refractivity contribution in [2.75, 3.05) is 13.2 Å². The Morgan fingerprint density at radius 1 is 1.42 bits per heavy atom. The van der Waals surface area contributed by atoms with Crippen LogP contribution in [-0.4, -0.2) is 28.8 Å². The van der Waals surface area contributed by atoms with Gasteiger partial charge in [0.25, 0.3) is 0 Å². The quantitative estimate of drug-likeness (QED) is 0.607. The van der Waals surface area contributed by atoms with E-state index in [4.69, 9.17) is 9.84 Å². The van der Waals surface area contributed by atoms with Crippen LogP contribution < -0.4 is 10.1 Å². The fourth-order valence-electron chi connectivity index (χ4n) is 1.46. The van der Waals surface area contributed by atoms with Crippen LogP contribution in [0.15, 0.2) is 18.2 Å². The molecular formula is C13H20N2O4. The molecule has 0 bridgehead atoms. The number of aliphatic hydroxyl groups is 1. The molecule has 106 valence electrons. The minimum atomic E-state index is -0.492. The maximum absolute atomic E-state index is 10.9. The van der Waals surface area contributed by atoms with Crippen LogP contribution in [0.1, 0.15) is 26.3 Å². The molecule has 0 aliphatic carbocycles. The predicted molar refractivity (Wildman–Crippen MR) is 72.3 cm³/mol. The molecule has 0 heterocycles. The van der Waals surface area contributed by atoms with Crippen LogP contribution in [0.2, 0.25) is 0 Å². The van der Waals surface area contributed by atoms with E-state index in [1.54, 1.807) is 12.1 Å². The van der Waals surface area contributed by atoms with E-state index < -0.39 is 4.92 Å². The summed E-state index contributed by atoms with van der Waals surface area (Å²) in [5.74, 6) is 0.187. The lowest BCUT2D eigenvalue weighted by molar-refractivity contribution is -0.385. The zero-order valence-corrected chi connectivity index (χ0v) is 11.5. The first-order valence-corrected chi connectivity index (χ1v) is 6.09. The first-order valence-electron chi connectivity index (χ1n) is 6.09. The molecule has 0 saturated carbocycles. The number of aliphatic hydroxyl groups excluding tert-OH is 1. The standard InChI is InChI=1S/C13H20N2O4/c1-13(2,3)14-9-10-4-5-11(15(17)18)12(8-10)19-7-6-16/h4-5,8,14,16H,6-7,9H2,1-3H3. The Labute approximate surface area is 112 Å². The number of nitrogens with one attached hydrogen (secondary N) is 1. The molecule has 19 heavy (non-hydrogen) atoms. The van der Waals surface area contributed by atoms with E-state index in [9.17, 15) is 10.1 Å². The summed E-state index contributed by atoms with van der Waals surface area (Å²) < 4.78 is 5.20. The van der Waals surface area contributed by atoms with E-state index in [-0.39, 0.29) is 30.2 Å². The summed E-state index contributed by atoms with van der Waals surface area (Å²) in [4.78, 5) is 10.4. The van der Waals surface area contributed by atoms with Crippen molar-refractivity contribution in [1.82, 2.24) is 5.32 Å². The van der Waals surface area contributed by atoms with E-state index >= 15 is 0 Å². The van der Waals surface area contributed by atoms with Crippen LogP contribution >= 0.6 is 0 Å². The van der Waals surface area contributed by atoms with Gasteiger partial charge in [-0.15, -0.1) is 0 Å². The van der Waals surface area contributed by atoms with Crippen molar-refractivity contribution in [3.63, 3.8) is 0 Å². The van der Waals surface area contributed by atoms with Crippen molar-refractivity contribution in [3.05, 3.63) is 33.9 Å². The second-order valence-corrected chi connectivity index (χ2v) is 5.23. The molecule has 1 aromatic carbocycles. The fraction of sp³-hybridized carbons (Fsp3) is 0.538. The van der Waals surface area contributed by atoms with Crippen molar-refractivity contribution >= 4 is 5.69 Å². The zero-order chi connectivity index (χ0) is 14.5. The van der Waals surface area contributed by atoms with Crippen LogP contribution in [0.25, 0.3) is 0 Å². The molecule has 0 aliphatic heterocycles. The lowest BCUT2D eigenvalue weighted by Gasteiger charge is -2.20. The summed E-state index contributed by atoms with van der Waals surface area (Å²) in [7, 11) is 0. The average Bonchev–Trinajstić information content (AvgIpc) is 2.32. The third kappa shape index (κ3) is 5.23. The van der Waals surface area contributed by atoms with Gasteiger partial charge in [-0.1, -0.05) is 6.07 Å². The predicted octanol–water partition coefficient (Wildman–Crippen LogP) is 1.85. The number of rotatable bonds is 6. The Morgan fingerprint density at radius 3 is 2.63 bits per heavy atom. The lowest BCUT2D eigenvalue weighted by atomic mass is 10.1. The van der Waals surface area contributed by atoms with Gasteiger partial charge in [0.05, 0.1) is 11.5 Å². The first kappa shape index (κ1) is 15.4. The molecule has 0 atom stereocenters. The van der Waals surface area contributed by atoms with Crippen LogP contribution in [-0.2, 0) is 6.54 Å². The molecule has 0 spiro atoms. The molecule has 0 fully saturated rings. The number of benzene rings is 1. The minimum Gasteiger partial charge on any atom is -0.484 e. The van der Waals surface area contributed by atoms with Gasteiger partial charge in [-0.2, -0.15) is 0 Å². The topological polar surface area (TPSA) is 84.6 Å². The van der Waals surface area contributed by atoms with Gasteiger partial charge in [-0.25, -0.2) is 0 Å². The maximum atomic E-state index is 10.9. The normalized spacial score (nSPS) is 11.4. The lowest BCUT2D eigenvalue weighted by Crippen LogP contribution is -2.35. The third-order valence-electron chi connectivity index (χ3n) is 2.39. The molecule has 0 unspecified atom stereocenters. The summed E-state index contributed by atoms with van der Waals surface area (Å²) in [5, 5.41) is 22.9. The summed E-state index contributed by atoms with van der Waals surface area (Å²) in [6, 6.07) is 4.75. The Bertz CT molecular complexity index is 441. The molecule has 1 aromatic rings. The second kappa shape index (κ2) is 6.49. The van der Waals surface area contributed by atoms with Gasteiger partial charge < -0.3 is 15.2 Å². The van der Waals surface area contributed by atoms with Gasteiger partial charge >= 0.3 is 5.69 Å². The van der Waals surface area contributed by atoms with Crippen molar-refractivity contribution in [3.8, 4) is 5.75 Å². The largest absolute Gasteiger partial charge is 0.484 e. The molecule has 6 heteroatoms. The van der Waals surface area contributed by atoms with Gasteiger partial charge in [0.1, 0.15) is 6.61 Å². The maximum Gasteiger partial charge on any atom is 0.310 e. The Kier molecular flexibility index (Phi) is 5.26. The van der Waals surface area contributed by atoms with Gasteiger partial charge in [-0.3, -0.25) is 10.1 Å². The van der Waals surface area contributed by atoms with Gasteiger partial charge in [0.15, 0.2) is 5.75 Å². The molecule has 0 radical (unpaired) electrons. The molecule has 0 aliphatic rings. The molecule has 0 amide bonds. The van der Waals surface area contributed by atoms with E-state index in [0.717, 1.165) is 5.56 Å². The second-order valence-electron chi connectivity index (χ2n) is 5.23. The first-order chi connectivity index (χ1) is 8.83. The molecule has 6 nitrogen and oxygen atoms in total. The molecule has 1 rings (SSSR count). The number of nitro benzene ring substituents is 1. The monoisotopic (exact) mass is 268 g/mol. The minimum absolute atomic E-state index is 0.0338. The average molecular weight is 268 g/mol. The molecule has 0 saturated heterocycles. The Hall–Kier alpha value is -1.66. The highest BCUT2D eigenvalue weighted by atomic mass is 16.6. The molecule has 2 N–H and O–H groups in total. The van der Waals surface area contributed by atoms with E-state index in [1.165, 1.54) is 6.07 Å². The highest BCUT2D eigenvalue weighted by molar-refractivity contribution is 5.48. The fourth-order valence-corrected chi connectivity index (χ4v) is 1.46. The van der Waals surface area contributed by atoms with E-state index in [2.05, 4.69) is 5.32 Å². The SMILES string of the molecule is CC(C)(C)NCc1ccc([N+](=O)[O-])c(OCCO)c1. The van der Waals surface area contributed by atoms with Gasteiger partial charge in [0.2, 0.25) is 0 Å². The van der Waals surface area contributed by atoms with Crippen molar-refractivity contribution in [2.45, 2.75) is 32.9 Å². The van der Waals surface area contributed by atoms with Crippen LogP contribution in [0, 0.1) is 10.1 Å². The smallest absolute Gasteiger partial charge is 0.310 e. The number of hydrogen-bond acceptors (Lipinski definition) is 5. The highest BCUT2D eigenvalue weighted by Crippen LogP contribution is 2.28. The number of ether oxygens (including phenoxy) is 1. The summed E-state index contributed by atoms with van der Waals surface area (Å²) in [6.45, 7) is 6.58. The van der Waals surface area contributed by atoms with Crippen LogP contribution in [0.5, 0.6) is 5.75 Å². The van der Waals surface area contributed by atoms with Crippen molar-refractivity contribution in [2.24, 2.45) is 0 Å². The summed E-state index contributed by atoms with van der Waals surface area (Å²) in [6.07, 6.45) is 0. The van der Waals surface area contributed by atoms with Crippen LogP contribution in [0.3, 0.4) is 0 Å². The Balaban J connectivity index is 2.88. The summed E-state index contributed by atoms with van der Waals surface area (Å²) >= 11 is 0. The number of hydrogen-bond donors (Lipinski definition) is 2. The van der Waals surface area contributed by atoms with Gasteiger partial charge in [0, 0.05) is 18.2 Å². The third-order valence-corrected chi connectivity index (χ3v) is 2.39.